The molecule has 5 rings (SSSR count). The molecule has 2 N–H and O–H groups in total. The standard InChI is InChI=1S/C22H22ClFN4O2/c1-22(20(29)18-10-15(23)9-13-12-25-28(22)19(13)18)14-5-7-27(8-6-14)21(30)26-17-4-2-3-16(24)11-17/h2-4,9-12,14,20,29H,5-8H2,1H3,(H,26,30)/t20-,22?/m0/s1. The van der Waals surface area contributed by atoms with Gasteiger partial charge in [-0.15, -0.1) is 0 Å². The van der Waals surface area contributed by atoms with Crippen LogP contribution in [0.2, 0.25) is 5.02 Å². The van der Waals surface area contributed by atoms with Crippen molar-refractivity contribution < 1.29 is 14.3 Å². The molecule has 1 aromatic heterocycles. The molecule has 2 aliphatic heterocycles. The third kappa shape index (κ3) is 2.87. The number of nitrogens with one attached hydrogen (secondary N) is 1. The van der Waals surface area contributed by atoms with E-state index >= 15 is 0 Å². The van der Waals surface area contributed by atoms with Crippen molar-refractivity contribution in [3.05, 3.63) is 59.0 Å². The molecule has 8 heteroatoms. The van der Waals surface area contributed by atoms with E-state index in [9.17, 15) is 14.3 Å². The van der Waals surface area contributed by atoms with Crippen molar-refractivity contribution in [3.8, 4) is 0 Å². The lowest BCUT2D eigenvalue weighted by atomic mass is 9.75. The first-order valence-electron chi connectivity index (χ1n) is 10.0. The fraction of sp³-hybridized carbons (Fsp3) is 0.364. The number of urea groups is 1. The van der Waals surface area contributed by atoms with Crippen molar-refractivity contribution in [2.24, 2.45) is 5.92 Å². The second-order valence-corrected chi connectivity index (χ2v) is 8.76. The lowest BCUT2D eigenvalue weighted by Gasteiger charge is -2.42. The van der Waals surface area contributed by atoms with Crippen molar-refractivity contribution in [3.63, 3.8) is 0 Å². The molecule has 2 aliphatic rings. The average Bonchev–Trinajstić information content (AvgIpc) is 3.24. The number of halogens is 2. The molecule has 3 aromatic rings. The van der Waals surface area contributed by atoms with Crippen LogP contribution in [0.15, 0.2) is 42.6 Å². The number of aliphatic hydroxyl groups is 1. The minimum atomic E-state index is -0.708. The number of aliphatic hydroxyl groups excluding tert-OH is 1. The van der Waals surface area contributed by atoms with Crippen LogP contribution in [0.4, 0.5) is 14.9 Å². The maximum Gasteiger partial charge on any atom is 0.321 e. The maximum absolute atomic E-state index is 13.4. The van der Waals surface area contributed by atoms with Gasteiger partial charge in [-0.2, -0.15) is 5.10 Å². The summed E-state index contributed by atoms with van der Waals surface area (Å²) in [5.41, 5.74) is 1.58. The van der Waals surface area contributed by atoms with Gasteiger partial charge >= 0.3 is 6.03 Å². The smallest absolute Gasteiger partial charge is 0.321 e. The molecule has 0 saturated carbocycles. The number of hydrogen-bond donors (Lipinski definition) is 2. The zero-order valence-electron chi connectivity index (χ0n) is 16.5. The third-order valence-electron chi connectivity index (χ3n) is 6.65. The summed E-state index contributed by atoms with van der Waals surface area (Å²) in [6.45, 7) is 3.14. The van der Waals surface area contributed by atoms with Gasteiger partial charge in [0.15, 0.2) is 0 Å². The van der Waals surface area contributed by atoms with Crippen LogP contribution in [0.3, 0.4) is 0 Å². The van der Waals surface area contributed by atoms with Gasteiger partial charge in [0, 0.05) is 34.7 Å². The second-order valence-electron chi connectivity index (χ2n) is 8.32. The van der Waals surface area contributed by atoms with E-state index in [1.807, 2.05) is 23.7 Å². The minimum absolute atomic E-state index is 0.139. The molecule has 0 spiro atoms. The molecule has 2 aromatic carbocycles. The Morgan fingerprint density at radius 3 is 2.80 bits per heavy atom. The van der Waals surface area contributed by atoms with Crippen LogP contribution in [-0.2, 0) is 5.54 Å². The number of aromatic nitrogens is 2. The third-order valence-corrected chi connectivity index (χ3v) is 6.87. The SMILES string of the molecule is CC1(C2CCN(C(=O)Nc3cccc(F)c3)CC2)[C@@H](O)c2cc(Cl)cc3cnn1c23. The highest BCUT2D eigenvalue weighted by Crippen LogP contribution is 2.51. The summed E-state index contributed by atoms with van der Waals surface area (Å²) in [7, 11) is 0. The number of piperidine rings is 1. The van der Waals surface area contributed by atoms with E-state index in [0.717, 1.165) is 29.3 Å². The summed E-state index contributed by atoms with van der Waals surface area (Å²) in [5.74, 6) is -0.250. The molecule has 3 heterocycles. The van der Waals surface area contributed by atoms with Gasteiger partial charge in [0.2, 0.25) is 0 Å². The van der Waals surface area contributed by atoms with Crippen LogP contribution < -0.4 is 5.32 Å². The number of amides is 2. The molecule has 0 radical (unpaired) electrons. The molecule has 156 valence electrons. The van der Waals surface area contributed by atoms with E-state index in [1.165, 1.54) is 12.1 Å². The number of hydrogen-bond acceptors (Lipinski definition) is 3. The Bertz CT molecular complexity index is 1140. The van der Waals surface area contributed by atoms with E-state index in [4.69, 9.17) is 11.6 Å². The topological polar surface area (TPSA) is 70.4 Å². The van der Waals surface area contributed by atoms with Gasteiger partial charge in [-0.25, -0.2) is 9.18 Å². The average molecular weight is 429 g/mol. The van der Waals surface area contributed by atoms with Crippen molar-refractivity contribution in [2.75, 3.05) is 18.4 Å². The summed E-state index contributed by atoms with van der Waals surface area (Å²) in [4.78, 5) is 14.3. The number of nitrogens with zero attached hydrogens (tertiary/aromatic N) is 3. The summed E-state index contributed by atoms with van der Waals surface area (Å²) >= 11 is 6.23. The van der Waals surface area contributed by atoms with Gasteiger partial charge in [-0.1, -0.05) is 17.7 Å². The predicted molar refractivity (Wildman–Crippen MR) is 113 cm³/mol. The number of anilines is 1. The molecular weight excluding hydrogens is 407 g/mol. The first kappa shape index (κ1) is 19.3. The highest BCUT2D eigenvalue weighted by molar-refractivity contribution is 6.31. The van der Waals surface area contributed by atoms with E-state index in [-0.39, 0.29) is 17.8 Å². The van der Waals surface area contributed by atoms with Gasteiger partial charge in [0.1, 0.15) is 11.9 Å². The monoisotopic (exact) mass is 428 g/mol. The summed E-state index contributed by atoms with van der Waals surface area (Å²) in [6.07, 6.45) is 2.54. The zero-order chi connectivity index (χ0) is 21.0. The van der Waals surface area contributed by atoms with Gasteiger partial charge in [-0.05, 0) is 56.0 Å². The molecule has 0 bridgehead atoms. The Labute approximate surface area is 178 Å². The Morgan fingerprint density at radius 2 is 2.07 bits per heavy atom. The molecule has 1 saturated heterocycles. The highest BCUT2D eigenvalue weighted by atomic mass is 35.5. The first-order chi connectivity index (χ1) is 14.4. The molecule has 6 nitrogen and oxygen atoms in total. The number of benzene rings is 2. The zero-order valence-corrected chi connectivity index (χ0v) is 17.2. The van der Waals surface area contributed by atoms with E-state index < -0.39 is 11.6 Å². The lowest BCUT2D eigenvalue weighted by molar-refractivity contribution is -0.0111. The Morgan fingerprint density at radius 1 is 1.30 bits per heavy atom. The molecule has 2 amide bonds. The Hall–Kier alpha value is -2.64. The van der Waals surface area contributed by atoms with Crippen molar-refractivity contribution in [1.82, 2.24) is 14.7 Å². The quantitative estimate of drug-likeness (QED) is 0.629. The largest absolute Gasteiger partial charge is 0.386 e. The second kappa shape index (κ2) is 6.96. The summed E-state index contributed by atoms with van der Waals surface area (Å²) < 4.78 is 15.3. The summed E-state index contributed by atoms with van der Waals surface area (Å²) in [6, 6.07) is 9.30. The number of likely N-dealkylation sites (tertiary alicyclic amines) is 1. The van der Waals surface area contributed by atoms with Crippen LogP contribution in [0.25, 0.3) is 10.9 Å². The fourth-order valence-electron chi connectivity index (χ4n) is 5.00. The lowest BCUT2D eigenvalue weighted by Crippen LogP contribution is -2.49. The van der Waals surface area contributed by atoms with Crippen molar-refractivity contribution >= 4 is 34.2 Å². The molecule has 0 aliphatic carbocycles. The van der Waals surface area contributed by atoms with E-state index in [2.05, 4.69) is 10.4 Å². The number of carbonyl (C=O) groups is 1. The number of rotatable bonds is 2. The van der Waals surface area contributed by atoms with Crippen LogP contribution in [-0.4, -0.2) is 38.9 Å². The van der Waals surface area contributed by atoms with Gasteiger partial charge < -0.3 is 15.3 Å². The van der Waals surface area contributed by atoms with Gasteiger partial charge in [0.05, 0.1) is 17.3 Å². The molecular formula is C22H22ClFN4O2. The highest BCUT2D eigenvalue weighted by Gasteiger charge is 2.50. The number of carbonyl (C=O) groups excluding carboxylic acids is 1. The van der Waals surface area contributed by atoms with Gasteiger partial charge in [0.25, 0.3) is 0 Å². The van der Waals surface area contributed by atoms with Crippen molar-refractivity contribution in [1.29, 1.82) is 0 Å². The summed E-state index contributed by atoms with van der Waals surface area (Å²) in [5, 5.41) is 20.0. The molecule has 30 heavy (non-hydrogen) atoms. The molecule has 1 unspecified atom stereocenters. The van der Waals surface area contributed by atoms with Crippen LogP contribution in [0.5, 0.6) is 0 Å². The fourth-order valence-corrected chi connectivity index (χ4v) is 5.23. The molecule has 2 atom stereocenters. The van der Waals surface area contributed by atoms with Crippen LogP contribution in [0, 0.1) is 11.7 Å². The minimum Gasteiger partial charge on any atom is -0.386 e. The van der Waals surface area contributed by atoms with Crippen LogP contribution >= 0.6 is 11.6 Å². The predicted octanol–water partition coefficient (Wildman–Crippen LogP) is 4.54. The normalized spacial score (nSPS) is 23.9. The Kier molecular flexibility index (Phi) is 4.48. The van der Waals surface area contributed by atoms with Crippen LogP contribution in [0.1, 0.15) is 31.4 Å². The maximum atomic E-state index is 13.4. The first-order valence-corrected chi connectivity index (χ1v) is 10.4. The van der Waals surface area contributed by atoms with E-state index in [0.29, 0.717) is 23.8 Å². The molecule has 1 fully saturated rings. The van der Waals surface area contributed by atoms with Crippen molar-refractivity contribution in [2.45, 2.75) is 31.4 Å². The Balaban J connectivity index is 1.32. The van der Waals surface area contributed by atoms with E-state index in [1.54, 1.807) is 23.2 Å². The van der Waals surface area contributed by atoms with Gasteiger partial charge in [-0.3, -0.25) is 4.68 Å².